The molecule has 0 aliphatic carbocycles. The number of rotatable bonds is 8. The lowest BCUT2D eigenvalue weighted by Crippen LogP contribution is -2.44. The van der Waals surface area contributed by atoms with Gasteiger partial charge in [0, 0.05) is 17.8 Å². The monoisotopic (exact) mass is 399 g/mol. The average Bonchev–Trinajstić information content (AvgIpc) is 3.16. The number of thiazole rings is 1. The van der Waals surface area contributed by atoms with Crippen molar-refractivity contribution in [3.63, 3.8) is 0 Å². The summed E-state index contributed by atoms with van der Waals surface area (Å²) >= 11 is 1.28. The van der Waals surface area contributed by atoms with Gasteiger partial charge in [0.15, 0.2) is 20.7 Å². The molecule has 0 bridgehead atoms. The third-order valence-electron chi connectivity index (χ3n) is 3.28. The minimum atomic E-state index is -3.27. The maximum Gasteiger partial charge on any atom is 0.287 e. The van der Waals surface area contributed by atoms with Crippen LogP contribution in [0.2, 0.25) is 0 Å². The van der Waals surface area contributed by atoms with Crippen molar-refractivity contribution >= 4 is 38.1 Å². The Hall–Kier alpha value is -2.20. The average molecular weight is 399 g/mol. The predicted octanol–water partition coefficient (Wildman–Crippen LogP) is 2.06. The molecule has 2 N–H and O–H groups in total. The van der Waals surface area contributed by atoms with Crippen molar-refractivity contribution in [1.82, 2.24) is 10.3 Å². The number of amides is 2. The topological polar surface area (TPSA) is 118 Å². The minimum absolute atomic E-state index is 0.0422. The van der Waals surface area contributed by atoms with Crippen LogP contribution in [0.25, 0.3) is 0 Å². The van der Waals surface area contributed by atoms with Crippen molar-refractivity contribution in [2.75, 3.05) is 11.6 Å². The molecule has 0 fully saturated rings. The number of hydrogen-bond donors (Lipinski definition) is 2. The summed E-state index contributed by atoms with van der Waals surface area (Å²) < 4.78 is 27.9. The Morgan fingerprint density at radius 3 is 2.62 bits per heavy atom. The van der Waals surface area contributed by atoms with Gasteiger partial charge < -0.3 is 15.1 Å². The first-order chi connectivity index (χ1) is 12.1. The van der Waals surface area contributed by atoms with Crippen LogP contribution in [-0.2, 0) is 20.4 Å². The number of sulfone groups is 1. The summed E-state index contributed by atoms with van der Waals surface area (Å²) in [6.07, 6.45) is 3.08. The van der Waals surface area contributed by atoms with Crippen molar-refractivity contribution in [3.05, 3.63) is 35.2 Å². The standard InChI is InChI=1S/C16H21N3O5S2/c1-10(2)8-12(14(20)19-16-17-6-7-25-16)18-15(21)13-5-4-11(24-13)9-26(3,22)23/h4-7,10,12H,8-9H2,1-3H3,(H,18,21)(H,17,19,20). The van der Waals surface area contributed by atoms with E-state index in [1.165, 1.54) is 23.5 Å². The van der Waals surface area contributed by atoms with Gasteiger partial charge in [0.1, 0.15) is 17.6 Å². The molecule has 1 atom stereocenters. The summed E-state index contributed by atoms with van der Waals surface area (Å²) in [5, 5.41) is 7.48. The molecule has 2 aromatic rings. The summed E-state index contributed by atoms with van der Waals surface area (Å²) in [6, 6.07) is 2.05. The first-order valence-corrected chi connectivity index (χ1v) is 10.9. The van der Waals surface area contributed by atoms with Crippen molar-refractivity contribution in [2.24, 2.45) is 5.92 Å². The predicted molar refractivity (Wildman–Crippen MR) is 98.7 cm³/mol. The lowest BCUT2D eigenvalue weighted by Gasteiger charge is -2.19. The molecule has 0 aromatic carbocycles. The molecule has 2 rings (SSSR count). The molecule has 1 unspecified atom stereocenters. The smallest absolute Gasteiger partial charge is 0.287 e. The van der Waals surface area contributed by atoms with E-state index in [0.717, 1.165) is 6.26 Å². The van der Waals surface area contributed by atoms with E-state index in [1.807, 2.05) is 13.8 Å². The SMILES string of the molecule is CC(C)CC(NC(=O)c1ccc(CS(C)(=O)=O)o1)C(=O)Nc1nccs1. The first kappa shape index (κ1) is 20.1. The molecule has 0 saturated carbocycles. The zero-order chi connectivity index (χ0) is 19.3. The number of anilines is 1. The first-order valence-electron chi connectivity index (χ1n) is 7.91. The van der Waals surface area contributed by atoms with Crippen LogP contribution in [0.5, 0.6) is 0 Å². The molecule has 2 amide bonds. The van der Waals surface area contributed by atoms with E-state index in [-0.39, 0.29) is 29.1 Å². The Morgan fingerprint density at radius 1 is 1.31 bits per heavy atom. The number of aromatic nitrogens is 1. The van der Waals surface area contributed by atoms with Crippen molar-refractivity contribution in [2.45, 2.75) is 32.1 Å². The molecule has 2 heterocycles. The highest BCUT2D eigenvalue weighted by Gasteiger charge is 2.24. The maximum atomic E-state index is 12.4. The summed E-state index contributed by atoms with van der Waals surface area (Å²) in [7, 11) is -3.27. The number of furan rings is 1. The molecule has 0 saturated heterocycles. The second-order valence-corrected chi connectivity index (χ2v) is 9.35. The third-order valence-corrected chi connectivity index (χ3v) is 4.78. The lowest BCUT2D eigenvalue weighted by molar-refractivity contribution is -0.118. The van der Waals surface area contributed by atoms with Crippen LogP contribution in [-0.4, -0.2) is 37.5 Å². The zero-order valence-electron chi connectivity index (χ0n) is 14.7. The summed E-state index contributed by atoms with van der Waals surface area (Å²) in [4.78, 5) is 28.8. The highest BCUT2D eigenvalue weighted by Crippen LogP contribution is 2.15. The van der Waals surface area contributed by atoms with Gasteiger partial charge in [-0.05, 0) is 24.5 Å². The minimum Gasteiger partial charge on any atom is -0.455 e. The van der Waals surface area contributed by atoms with E-state index in [9.17, 15) is 18.0 Å². The Balaban J connectivity index is 2.07. The second-order valence-electron chi connectivity index (χ2n) is 6.32. The molecule has 0 aliphatic rings. The van der Waals surface area contributed by atoms with Crippen molar-refractivity contribution < 1.29 is 22.4 Å². The Labute approximate surface area is 155 Å². The van der Waals surface area contributed by atoms with E-state index < -0.39 is 21.8 Å². The Morgan fingerprint density at radius 2 is 2.04 bits per heavy atom. The molecule has 0 aliphatic heterocycles. The van der Waals surface area contributed by atoms with Gasteiger partial charge in [-0.25, -0.2) is 13.4 Å². The molecular formula is C16H21N3O5S2. The van der Waals surface area contributed by atoms with Gasteiger partial charge in [-0.15, -0.1) is 11.3 Å². The van der Waals surface area contributed by atoms with E-state index in [0.29, 0.717) is 11.6 Å². The number of hydrogen-bond acceptors (Lipinski definition) is 7. The maximum absolute atomic E-state index is 12.4. The van der Waals surface area contributed by atoms with Crippen LogP contribution in [0.1, 0.15) is 36.6 Å². The van der Waals surface area contributed by atoms with Crippen LogP contribution in [0, 0.1) is 5.92 Å². The summed E-state index contributed by atoms with van der Waals surface area (Å²) in [5.41, 5.74) is 0. The van der Waals surface area contributed by atoms with Crippen LogP contribution in [0.4, 0.5) is 5.13 Å². The van der Waals surface area contributed by atoms with Crippen LogP contribution in [0.15, 0.2) is 28.1 Å². The van der Waals surface area contributed by atoms with Gasteiger partial charge in [-0.1, -0.05) is 13.8 Å². The highest BCUT2D eigenvalue weighted by atomic mass is 32.2. The second kappa shape index (κ2) is 8.45. The van der Waals surface area contributed by atoms with Gasteiger partial charge in [-0.3, -0.25) is 9.59 Å². The molecule has 142 valence electrons. The molecule has 0 radical (unpaired) electrons. The number of carbonyl (C=O) groups excluding carboxylic acids is 2. The van der Waals surface area contributed by atoms with Gasteiger partial charge in [0.25, 0.3) is 5.91 Å². The van der Waals surface area contributed by atoms with Gasteiger partial charge in [-0.2, -0.15) is 0 Å². The van der Waals surface area contributed by atoms with E-state index in [1.54, 1.807) is 11.6 Å². The fourth-order valence-electron chi connectivity index (χ4n) is 2.25. The third kappa shape index (κ3) is 6.26. The number of nitrogens with one attached hydrogen (secondary N) is 2. The molecule has 10 heteroatoms. The number of carbonyl (C=O) groups is 2. The van der Waals surface area contributed by atoms with Gasteiger partial charge in [0.05, 0.1) is 0 Å². The Kier molecular flexibility index (Phi) is 6.54. The highest BCUT2D eigenvalue weighted by molar-refractivity contribution is 7.89. The largest absolute Gasteiger partial charge is 0.455 e. The summed E-state index contributed by atoms with van der Waals surface area (Å²) in [6.45, 7) is 3.87. The van der Waals surface area contributed by atoms with Crippen LogP contribution in [0.3, 0.4) is 0 Å². The lowest BCUT2D eigenvalue weighted by atomic mass is 10.0. The van der Waals surface area contributed by atoms with Crippen LogP contribution >= 0.6 is 11.3 Å². The van der Waals surface area contributed by atoms with E-state index >= 15 is 0 Å². The van der Waals surface area contributed by atoms with Gasteiger partial charge >= 0.3 is 0 Å². The van der Waals surface area contributed by atoms with Crippen molar-refractivity contribution in [3.8, 4) is 0 Å². The fourth-order valence-corrected chi connectivity index (χ4v) is 3.45. The zero-order valence-corrected chi connectivity index (χ0v) is 16.3. The molecule has 8 nitrogen and oxygen atoms in total. The molecular weight excluding hydrogens is 378 g/mol. The molecule has 0 spiro atoms. The number of nitrogens with zero attached hydrogens (tertiary/aromatic N) is 1. The Bertz CT molecular complexity index is 856. The van der Waals surface area contributed by atoms with Crippen LogP contribution < -0.4 is 10.6 Å². The molecule has 2 aromatic heterocycles. The molecule has 26 heavy (non-hydrogen) atoms. The van der Waals surface area contributed by atoms with Gasteiger partial charge in [0.2, 0.25) is 5.91 Å². The van der Waals surface area contributed by atoms with Crippen molar-refractivity contribution in [1.29, 1.82) is 0 Å². The van der Waals surface area contributed by atoms with E-state index in [4.69, 9.17) is 4.42 Å². The van der Waals surface area contributed by atoms with E-state index in [2.05, 4.69) is 15.6 Å². The quantitative estimate of drug-likeness (QED) is 0.701. The fraction of sp³-hybridized carbons (Fsp3) is 0.438. The normalized spacial score (nSPS) is 12.8. The summed E-state index contributed by atoms with van der Waals surface area (Å²) in [5.74, 6) is -0.945.